The fraction of sp³-hybridized carbons (Fsp3) is 0.375. The predicted molar refractivity (Wildman–Crippen MR) is 88.0 cm³/mol. The van der Waals surface area contributed by atoms with Crippen molar-refractivity contribution in [1.29, 1.82) is 0 Å². The van der Waals surface area contributed by atoms with Crippen molar-refractivity contribution in [3.8, 4) is 0 Å². The first-order valence-electron chi connectivity index (χ1n) is 7.16. The van der Waals surface area contributed by atoms with Gasteiger partial charge in [-0.05, 0) is 54.3 Å². The molecule has 0 radical (unpaired) electrons. The van der Waals surface area contributed by atoms with Crippen molar-refractivity contribution in [2.75, 3.05) is 13.1 Å². The van der Waals surface area contributed by atoms with Gasteiger partial charge < -0.3 is 15.7 Å². The molecule has 0 spiro atoms. The molecule has 0 aliphatic rings. The summed E-state index contributed by atoms with van der Waals surface area (Å²) in [5, 5.41) is 19.6. The summed E-state index contributed by atoms with van der Waals surface area (Å²) < 4.78 is 0. The second-order valence-corrected chi connectivity index (χ2v) is 6.23. The Morgan fingerprint density at radius 1 is 1.36 bits per heavy atom. The Labute approximate surface area is 134 Å². The zero-order valence-corrected chi connectivity index (χ0v) is 13.6. The molecule has 0 aliphatic carbocycles. The fourth-order valence-corrected chi connectivity index (χ4v) is 2.74. The van der Waals surface area contributed by atoms with Gasteiger partial charge in [0.05, 0.1) is 6.54 Å². The first-order chi connectivity index (χ1) is 10.5. The normalized spacial score (nSPS) is 13.4. The highest BCUT2D eigenvalue weighted by Gasteiger charge is 2.23. The van der Waals surface area contributed by atoms with Crippen LogP contribution in [0.2, 0.25) is 0 Å². The molecule has 22 heavy (non-hydrogen) atoms. The number of rotatable bonds is 6. The van der Waals surface area contributed by atoms with Gasteiger partial charge in [-0.15, -0.1) is 0 Å². The first kappa shape index (κ1) is 16.5. The van der Waals surface area contributed by atoms with Crippen LogP contribution in [0, 0.1) is 6.92 Å². The average molecular weight is 319 g/mol. The quantitative estimate of drug-likeness (QED) is 0.764. The molecule has 0 unspecified atom stereocenters. The smallest absolute Gasteiger partial charge is 0.314 e. The largest absolute Gasteiger partial charge is 0.384 e. The van der Waals surface area contributed by atoms with E-state index in [9.17, 15) is 9.90 Å². The molecule has 2 aromatic heterocycles. The molecule has 0 fully saturated rings. The van der Waals surface area contributed by atoms with Gasteiger partial charge in [0.2, 0.25) is 0 Å². The lowest BCUT2D eigenvalue weighted by Crippen LogP contribution is -2.43. The molecular formula is C16H21N3O2S. The molecule has 2 heterocycles. The van der Waals surface area contributed by atoms with Crippen LogP contribution in [0.1, 0.15) is 23.7 Å². The Hall–Kier alpha value is -1.92. The standard InChI is InChI=1S/C16H21N3O2S/c1-12-3-4-13(9-18-12)5-7-17-15(20)19-11-16(2,21)14-6-8-22-10-14/h3-4,6,8-10,21H,5,7,11H2,1-2H3,(H2,17,19,20)/t16-/m0/s1. The minimum atomic E-state index is -1.06. The van der Waals surface area contributed by atoms with Crippen LogP contribution in [0.25, 0.3) is 0 Å². The summed E-state index contributed by atoms with van der Waals surface area (Å²) in [5.74, 6) is 0. The Morgan fingerprint density at radius 2 is 2.18 bits per heavy atom. The van der Waals surface area contributed by atoms with Crippen LogP contribution in [0.5, 0.6) is 0 Å². The van der Waals surface area contributed by atoms with Crippen LogP contribution < -0.4 is 10.6 Å². The van der Waals surface area contributed by atoms with Gasteiger partial charge in [-0.1, -0.05) is 6.07 Å². The third kappa shape index (κ3) is 4.82. The SMILES string of the molecule is Cc1ccc(CCNC(=O)NC[C@](C)(O)c2ccsc2)cn1. The number of hydrogen-bond acceptors (Lipinski definition) is 4. The summed E-state index contributed by atoms with van der Waals surface area (Å²) in [4.78, 5) is 16.0. The highest BCUT2D eigenvalue weighted by molar-refractivity contribution is 7.08. The van der Waals surface area contributed by atoms with E-state index in [2.05, 4.69) is 15.6 Å². The number of hydrogen-bond donors (Lipinski definition) is 3. The van der Waals surface area contributed by atoms with Crippen molar-refractivity contribution in [2.45, 2.75) is 25.9 Å². The maximum absolute atomic E-state index is 11.8. The van der Waals surface area contributed by atoms with Crippen LogP contribution >= 0.6 is 11.3 Å². The van der Waals surface area contributed by atoms with E-state index in [1.807, 2.05) is 42.1 Å². The summed E-state index contributed by atoms with van der Waals surface area (Å²) in [6.07, 6.45) is 2.54. The van der Waals surface area contributed by atoms with E-state index < -0.39 is 5.60 Å². The van der Waals surface area contributed by atoms with Gasteiger partial charge in [-0.3, -0.25) is 4.98 Å². The lowest BCUT2D eigenvalue weighted by atomic mass is 9.99. The monoisotopic (exact) mass is 319 g/mol. The summed E-state index contributed by atoms with van der Waals surface area (Å²) in [6, 6.07) is 5.53. The molecule has 0 aliphatic heterocycles. The molecule has 3 N–H and O–H groups in total. The van der Waals surface area contributed by atoms with Crippen LogP contribution in [-0.4, -0.2) is 29.2 Å². The molecule has 0 aromatic carbocycles. The van der Waals surface area contributed by atoms with Gasteiger partial charge in [0.15, 0.2) is 0 Å². The minimum Gasteiger partial charge on any atom is -0.384 e. The predicted octanol–water partition coefficient (Wildman–Crippen LogP) is 2.20. The van der Waals surface area contributed by atoms with E-state index in [1.54, 1.807) is 6.92 Å². The van der Waals surface area contributed by atoms with Crippen LogP contribution in [0.15, 0.2) is 35.2 Å². The van der Waals surface area contributed by atoms with Crippen molar-refractivity contribution in [2.24, 2.45) is 0 Å². The van der Waals surface area contributed by atoms with Crippen molar-refractivity contribution < 1.29 is 9.90 Å². The molecule has 5 nitrogen and oxygen atoms in total. The number of thiophene rings is 1. The van der Waals surface area contributed by atoms with Gasteiger partial charge in [0.1, 0.15) is 5.60 Å². The molecular weight excluding hydrogens is 298 g/mol. The number of nitrogens with zero attached hydrogens (tertiary/aromatic N) is 1. The Bertz CT molecular complexity index is 594. The molecule has 0 bridgehead atoms. The minimum absolute atomic E-state index is 0.168. The number of carbonyl (C=O) groups is 1. The van der Waals surface area contributed by atoms with Crippen molar-refractivity contribution in [3.05, 3.63) is 52.0 Å². The molecule has 2 rings (SSSR count). The second-order valence-electron chi connectivity index (χ2n) is 5.45. The third-order valence-corrected chi connectivity index (χ3v) is 4.09. The number of carbonyl (C=O) groups excluding carboxylic acids is 1. The number of aliphatic hydroxyl groups is 1. The van der Waals surface area contributed by atoms with E-state index in [4.69, 9.17) is 0 Å². The molecule has 0 saturated carbocycles. The number of aromatic nitrogens is 1. The average Bonchev–Trinajstić information content (AvgIpc) is 3.02. The second kappa shape index (κ2) is 7.38. The Kier molecular flexibility index (Phi) is 5.51. The number of nitrogens with one attached hydrogen (secondary N) is 2. The van der Waals surface area contributed by atoms with Gasteiger partial charge >= 0.3 is 6.03 Å². The zero-order valence-electron chi connectivity index (χ0n) is 12.8. The Morgan fingerprint density at radius 3 is 2.82 bits per heavy atom. The topological polar surface area (TPSA) is 74.2 Å². The van der Waals surface area contributed by atoms with E-state index in [0.29, 0.717) is 6.54 Å². The zero-order chi connectivity index (χ0) is 16.0. The van der Waals surface area contributed by atoms with Gasteiger partial charge in [-0.25, -0.2) is 4.79 Å². The summed E-state index contributed by atoms with van der Waals surface area (Å²) in [7, 11) is 0. The van der Waals surface area contributed by atoms with Gasteiger partial charge in [0, 0.05) is 18.4 Å². The first-order valence-corrected chi connectivity index (χ1v) is 8.10. The number of amides is 2. The van der Waals surface area contributed by atoms with Crippen molar-refractivity contribution in [1.82, 2.24) is 15.6 Å². The summed E-state index contributed by atoms with van der Waals surface area (Å²) in [5.41, 5.74) is 1.81. The van der Waals surface area contributed by atoms with Gasteiger partial charge in [-0.2, -0.15) is 11.3 Å². The maximum atomic E-state index is 11.8. The van der Waals surface area contributed by atoms with E-state index in [1.165, 1.54) is 11.3 Å². The van der Waals surface area contributed by atoms with Gasteiger partial charge in [0.25, 0.3) is 0 Å². The van der Waals surface area contributed by atoms with Crippen LogP contribution in [-0.2, 0) is 12.0 Å². The maximum Gasteiger partial charge on any atom is 0.314 e. The van der Waals surface area contributed by atoms with E-state index in [-0.39, 0.29) is 12.6 Å². The molecule has 2 amide bonds. The fourth-order valence-electron chi connectivity index (χ4n) is 1.95. The highest BCUT2D eigenvalue weighted by atomic mass is 32.1. The van der Waals surface area contributed by atoms with Crippen LogP contribution in [0.3, 0.4) is 0 Å². The molecule has 6 heteroatoms. The molecule has 118 valence electrons. The van der Waals surface area contributed by atoms with Crippen molar-refractivity contribution >= 4 is 17.4 Å². The lowest BCUT2D eigenvalue weighted by Gasteiger charge is -2.22. The van der Waals surface area contributed by atoms with E-state index >= 15 is 0 Å². The number of aryl methyl sites for hydroxylation is 1. The molecule has 2 aromatic rings. The third-order valence-electron chi connectivity index (χ3n) is 3.41. The molecule has 1 atom stereocenters. The van der Waals surface area contributed by atoms with E-state index in [0.717, 1.165) is 23.2 Å². The Balaban J connectivity index is 1.71. The highest BCUT2D eigenvalue weighted by Crippen LogP contribution is 2.21. The molecule has 0 saturated heterocycles. The summed E-state index contributed by atoms with van der Waals surface area (Å²) >= 11 is 1.52. The van der Waals surface area contributed by atoms with Crippen molar-refractivity contribution in [3.63, 3.8) is 0 Å². The number of urea groups is 1. The lowest BCUT2D eigenvalue weighted by molar-refractivity contribution is 0.0598. The number of pyridine rings is 1. The van der Waals surface area contributed by atoms with Crippen LogP contribution in [0.4, 0.5) is 4.79 Å². The summed E-state index contributed by atoms with van der Waals surface area (Å²) in [6.45, 7) is 4.32.